The molecule has 6 nitrogen and oxygen atoms in total. The van der Waals surface area contributed by atoms with Gasteiger partial charge in [0.1, 0.15) is 0 Å². The third-order valence-electron chi connectivity index (χ3n) is 4.62. The van der Waals surface area contributed by atoms with Gasteiger partial charge in [0.15, 0.2) is 16.7 Å². The first-order chi connectivity index (χ1) is 14.6. The van der Waals surface area contributed by atoms with Crippen molar-refractivity contribution in [2.45, 2.75) is 0 Å². The highest BCUT2D eigenvalue weighted by atomic mass is 32.2. The maximum absolute atomic E-state index is 12.5. The Morgan fingerprint density at radius 3 is 2.33 bits per heavy atom. The second-order valence-corrected chi connectivity index (χ2v) is 7.47. The largest absolute Gasteiger partial charge is 0.493 e. The summed E-state index contributed by atoms with van der Waals surface area (Å²) in [5, 5.41) is 5.50. The molecule has 1 aliphatic heterocycles. The van der Waals surface area contributed by atoms with Gasteiger partial charge >= 0.3 is 0 Å². The predicted molar refractivity (Wildman–Crippen MR) is 121 cm³/mol. The van der Waals surface area contributed by atoms with Crippen molar-refractivity contribution in [3.63, 3.8) is 0 Å². The van der Waals surface area contributed by atoms with Crippen LogP contribution in [-0.4, -0.2) is 32.4 Å². The molecule has 1 N–H and O–H groups in total. The first-order valence-electron chi connectivity index (χ1n) is 9.20. The molecule has 0 aromatic heterocycles. The van der Waals surface area contributed by atoms with Gasteiger partial charge in [-0.05, 0) is 47.0 Å². The van der Waals surface area contributed by atoms with Crippen molar-refractivity contribution in [1.82, 2.24) is 5.32 Å². The standard InChI is InChI=1S/C23H20N2O4S/c1-27-18-11-14(12-19(28-2)21(18)29-3)13-20-22(26)25-23(30-20)24-17-10-6-8-15-7-4-5-9-16(15)17/h4-13H,1-3H3,(H,24,25,26). The minimum absolute atomic E-state index is 0.201. The van der Waals surface area contributed by atoms with E-state index in [0.717, 1.165) is 22.0 Å². The number of rotatable bonds is 5. The number of thioether (sulfide) groups is 1. The quantitative estimate of drug-likeness (QED) is 0.603. The van der Waals surface area contributed by atoms with Crippen LogP contribution in [0.25, 0.3) is 16.8 Å². The van der Waals surface area contributed by atoms with Gasteiger partial charge < -0.3 is 19.5 Å². The molecular weight excluding hydrogens is 400 g/mol. The highest BCUT2D eigenvalue weighted by Gasteiger charge is 2.24. The van der Waals surface area contributed by atoms with Gasteiger partial charge in [0.25, 0.3) is 5.91 Å². The molecule has 3 aromatic rings. The number of ether oxygens (including phenoxy) is 3. The molecule has 1 amide bonds. The van der Waals surface area contributed by atoms with Crippen LogP contribution >= 0.6 is 11.8 Å². The van der Waals surface area contributed by atoms with Crippen molar-refractivity contribution in [3.8, 4) is 17.2 Å². The van der Waals surface area contributed by atoms with E-state index in [1.165, 1.54) is 11.8 Å². The zero-order chi connectivity index (χ0) is 21.1. The van der Waals surface area contributed by atoms with Crippen LogP contribution in [0.15, 0.2) is 64.5 Å². The van der Waals surface area contributed by atoms with E-state index in [4.69, 9.17) is 14.2 Å². The molecule has 0 aliphatic carbocycles. The number of aliphatic imine (C=N–C) groups is 1. The Morgan fingerprint density at radius 1 is 0.933 bits per heavy atom. The van der Waals surface area contributed by atoms with E-state index >= 15 is 0 Å². The van der Waals surface area contributed by atoms with E-state index in [1.807, 2.05) is 42.5 Å². The molecule has 1 fully saturated rings. The SMILES string of the molecule is COc1cc(C=C2SC(=Nc3cccc4ccccc34)NC2=O)cc(OC)c1OC. The molecule has 7 heteroatoms. The zero-order valence-corrected chi connectivity index (χ0v) is 17.6. The van der Waals surface area contributed by atoms with Gasteiger partial charge in [-0.2, -0.15) is 0 Å². The lowest BCUT2D eigenvalue weighted by molar-refractivity contribution is -0.115. The molecule has 0 unspecified atom stereocenters. The van der Waals surface area contributed by atoms with Crippen molar-refractivity contribution in [3.05, 3.63) is 65.1 Å². The Kier molecular flexibility index (Phi) is 5.63. The summed E-state index contributed by atoms with van der Waals surface area (Å²) in [6.45, 7) is 0. The van der Waals surface area contributed by atoms with Gasteiger partial charge in [-0.15, -0.1) is 0 Å². The molecular formula is C23H20N2O4S. The normalized spacial score (nSPS) is 16.2. The summed E-state index contributed by atoms with van der Waals surface area (Å²) >= 11 is 1.29. The number of methoxy groups -OCH3 is 3. The Morgan fingerprint density at radius 2 is 1.63 bits per heavy atom. The fraction of sp³-hybridized carbons (Fsp3) is 0.130. The number of hydrogen-bond acceptors (Lipinski definition) is 6. The first-order valence-corrected chi connectivity index (χ1v) is 10.0. The Balaban J connectivity index is 1.67. The Bertz CT molecular complexity index is 1160. The molecule has 0 saturated carbocycles. The van der Waals surface area contributed by atoms with Crippen molar-refractivity contribution in [2.75, 3.05) is 21.3 Å². The maximum atomic E-state index is 12.5. The van der Waals surface area contributed by atoms with Crippen molar-refractivity contribution < 1.29 is 19.0 Å². The van der Waals surface area contributed by atoms with E-state index < -0.39 is 0 Å². The van der Waals surface area contributed by atoms with Gasteiger partial charge in [0, 0.05) is 5.39 Å². The molecule has 4 rings (SSSR count). The number of hydrogen-bond donors (Lipinski definition) is 1. The van der Waals surface area contributed by atoms with Gasteiger partial charge in [-0.3, -0.25) is 4.79 Å². The number of nitrogens with one attached hydrogen (secondary N) is 1. The zero-order valence-electron chi connectivity index (χ0n) is 16.8. The summed E-state index contributed by atoms with van der Waals surface area (Å²) < 4.78 is 16.1. The predicted octanol–water partition coefficient (Wildman–Crippen LogP) is 4.76. The number of amidine groups is 1. The monoisotopic (exact) mass is 420 g/mol. The van der Waals surface area contributed by atoms with Crippen molar-refractivity contribution >= 4 is 45.4 Å². The van der Waals surface area contributed by atoms with E-state index in [0.29, 0.717) is 27.3 Å². The molecule has 0 atom stereocenters. The smallest absolute Gasteiger partial charge is 0.264 e. The van der Waals surface area contributed by atoms with Crippen LogP contribution in [0.3, 0.4) is 0 Å². The Hall–Kier alpha value is -3.45. The van der Waals surface area contributed by atoms with Gasteiger partial charge in [-0.25, -0.2) is 4.99 Å². The van der Waals surface area contributed by atoms with Gasteiger partial charge in [0.2, 0.25) is 5.75 Å². The van der Waals surface area contributed by atoms with E-state index in [-0.39, 0.29) is 5.91 Å². The van der Waals surface area contributed by atoms with Gasteiger partial charge in [0.05, 0.1) is 31.9 Å². The number of carbonyl (C=O) groups excluding carboxylic acids is 1. The van der Waals surface area contributed by atoms with Gasteiger partial charge in [-0.1, -0.05) is 36.4 Å². The molecule has 1 saturated heterocycles. The molecule has 1 heterocycles. The summed E-state index contributed by atoms with van der Waals surface area (Å²) in [4.78, 5) is 17.7. The molecule has 3 aromatic carbocycles. The van der Waals surface area contributed by atoms with Crippen LogP contribution in [0, 0.1) is 0 Å². The average Bonchev–Trinajstić information content (AvgIpc) is 3.11. The third kappa shape index (κ3) is 3.84. The minimum Gasteiger partial charge on any atom is -0.493 e. The number of fused-ring (bicyclic) bond motifs is 1. The fourth-order valence-electron chi connectivity index (χ4n) is 3.23. The van der Waals surface area contributed by atoms with Crippen LogP contribution in [0.4, 0.5) is 5.69 Å². The summed E-state index contributed by atoms with van der Waals surface area (Å²) in [5.41, 5.74) is 1.57. The second-order valence-electron chi connectivity index (χ2n) is 6.44. The third-order valence-corrected chi connectivity index (χ3v) is 5.53. The van der Waals surface area contributed by atoms with Crippen molar-refractivity contribution in [2.24, 2.45) is 4.99 Å². The highest BCUT2D eigenvalue weighted by Crippen LogP contribution is 2.39. The summed E-state index contributed by atoms with van der Waals surface area (Å²) in [7, 11) is 4.66. The average molecular weight is 420 g/mol. The summed E-state index contributed by atoms with van der Waals surface area (Å²) in [6, 6.07) is 17.5. The van der Waals surface area contributed by atoms with Crippen LogP contribution in [-0.2, 0) is 4.79 Å². The number of carbonyl (C=O) groups is 1. The molecule has 0 radical (unpaired) electrons. The minimum atomic E-state index is -0.201. The maximum Gasteiger partial charge on any atom is 0.264 e. The van der Waals surface area contributed by atoms with E-state index in [9.17, 15) is 4.79 Å². The second kappa shape index (κ2) is 8.51. The number of nitrogens with zero attached hydrogens (tertiary/aromatic N) is 1. The summed E-state index contributed by atoms with van der Waals surface area (Å²) in [6.07, 6.45) is 1.77. The van der Waals surface area contributed by atoms with Crippen molar-refractivity contribution in [1.29, 1.82) is 0 Å². The number of benzene rings is 3. The van der Waals surface area contributed by atoms with Crippen LogP contribution in [0.2, 0.25) is 0 Å². The molecule has 152 valence electrons. The number of amides is 1. The van der Waals surface area contributed by atoms with Crippen LogP contribution < -0.4 is 19.5 Å². The van der Waals surface area contributed by atoms with E-state index in [1.54, 1.807) is 39.5 Å². The highest BCUT2D eigenvalue weighted by molar-refractivity contribution is 8.18. The summed E-state index contributed by atoms with van der Waals surface area (Å²) in [5.74, 6) is 1.35. The van der Waals surface area contributed by atoms with Crippen LogP contribution in [0.5, 0.6) is 17.2 Å². The van der Waals surface area contributed by atoms with E-state index in [2.05, 4.69) is 10.3 Å². The fourth-order valence-corrected chi connectivity index (χ4v) is 4.07. The molecule has 30 heavy (non-hydrogen) atoms. The topological polar surface area (TPSA) is 69.2 Å². The lowest BCUT2D eigenvalue weighted by Crippen LogP contribution is -2.19. The lowest BCUT2D eigenvalue weighted by atomic mass is 10.1. The lowest BCUT2D eigenvalue weighted by Gasteiger charge is -2.12. The molecule has 1 aliphatic rings. The Labute approximate surface area is 178 Å². The van der Waals surface area contributed by atoms with Crippen LogP contribution in [0.1, 0.15) is 5.56 Å². The molecule has 0 bridgehead atoms. The first kappa shape index (κ1) is 19.8. The molecule has 0 spiro atoms.